The van der Waals surface area contributed by atoms with Crippen LogP contribution < -0.4 is 10.1 Å². The highest BCUT2D eigenvalue weighted by atomic mass is 32.2. The quantitative estimate of drug-likeness (QED) is 0.904. The standard InChI is InChI=1S/C14H13NO5S/c1-15-14(17)20-11-4-8-13(9-5-11)21(18,19)12-6-2-10(16)3-7-12/h2-9,16H,1H3,(H,15,17). The molecule has 7 heteroatoms. The molecule has 2 N–H and O–H groups in total. The summed E-state index contributed by atoms with van der Waals surface area (Å²) in [5, 5.41) is 11.5. The number of hydrogen-bond acceptors (Lipinski definition) is 5. The number of amides is 1. The molecule has 0 unspecified atom stereocenters. The minimum atomic E-state index is -3.67. The fourth-order valence-corrected chi connectivity index (χ4v) is 2.87. The molecule has 0 aliphatic rings. The summed E-state index contributed by atoms with van der Waals surface area (Å²) in [4.78, 5) is 11.2. The second kappa shape index (κ2) is 5.84. The normalized spacial score (nSPS) is 10.9. The minimum absolute atomic E-state index is 0.0109. The van der Waals surface area contributed by atoms with Crippen LogP contribution >= 0.6 is 0 Å². The zero-order valence-electron chi connectivity index (χ0n) is 11.1. The third-order valence-corrected chi connectivity index (χ3v) is 4.48. The van der Waals surface area contributed by atoms with E-state index >= 15 is 0 Å². The maximum absolute atomic E-state index is 12.3. The van der Waals surface area contributed by atoms with Crippen molar-refractivity contribution in [3.8, 4) is 11.5 Å². The van der Waals surface area contributed by atoms with E-state index in [0.717, 1.165) is 0 Å². The molecule has 2 aromatic rings. The van der Waals surface area contributed by atoms with Crippen LogP contribution in [-0.2, 0) is 9.84 Å². The summed E-state index contributed by atoms with van der Waals surface area (Å²) >= 11 is 0. The molecule has 0 fully saturated rings. The van der Waals surface area contributed by atoms with Gasteiger partial charge >= 0.3 is 6.09 Å². The van der Waals surface area contributed by atoms with Gasteiger partial charge in [-0.3, -0.25) is 0 Å². The Morgan fingerprint density at radius 1 is 1.00 bits per heavy atom. The summed E-state index contributed by atoms with van der Waals surface area (Å²) in [7, 11) is -2.25. The van der Waals surface area contributed by atoms with Gasteiger partial charge in [-0.05, 0) is 48.5 Å². The number of carbonyl (C=O) groups excluding carboxylic acids is 1. The van der Waals surface area contributed by atoms with Crippen LogP contribution in [0.25, 0.3) is 0 Å². The van der Waals surface area contributed by atoms with E-state index in [4.69, 9.17) is 4.74 Å². The highest BCUT2D eigenvalue weighted by molar-refractivity contribution is 7.91. The lowest BCUT2D eigenvalue weighted by Crippen LogP contribution is -2.21. The van der Waals surface area contributed by atoms with Gasteiger partial charge in [-0.1, -0.05) is 0 Å². The number of aromatic hydroxyl groups is 1. The topological polar surface area (TPSA) is 92.7 Å². The fourth-order valence-electron chi connectivity index (χ4n) is 1.61. The Balaban J connectivity index is 2.29. The predicted molar refractivity (Wildman–Crippen MR) is 75.1 cm³/mol. The lowest BCUT2D eigenvalue weighted by molar-refractivity contribution is 0.203. The summed E-state index contributed by atoms with van der Waals surface area (Å²) in [6.45, 7) is 0. The van der Waals surface area contributed by atoms with Crippen LogP contribution in [0, 0.1) is 0 Å². The molecule has 0 bridgehead atoms. The minimum Gasteiger partial charge on any atom is -0.508 e. The van der Waals surface area contributed by atoms with Crippen molar-refractivity contribution in [3.63, 3.8) is 0 Å². The van der Waals surface area contributed by atoms with E-state index in [-0.39, 0.29) is 21.3 Å². The highest BCUT2D eigenvalue weighted by Gasteiger charge is 2.17. The molecule has 1 amide bonds. The molecule has 21 heavy (non-hydrogen) atoms. The Kier molecular flexibility index (Phi) is 4.13. The van der Waals surface area contributed by atoms with Crippen molar-refractivity contribution in [1.82, 2.24) is 5.32 Å². The summed E-state index contributed by atoms with van der Waals surface area (Å²) in [6, 6.07) is 10.7. The number of carbonyl (C=O) groups is 1. The number of ether oxygens (including phenoxy) is 1. The Labute approximate surface area is 121 Å². The van der Waals surface area contributed by atoms with Crippen LogP contribution in [0.2, 0.25) is 0 Å². The van der Waals surface area contributed by atoms with Gasteiger partial charge < -0.3 is 15.2 Å². The van der Waals surface area contributed by atoms with Crippen molar-refractivity contribution < 1.29 is 23.1 Å². The van der Waals surface area contributed by atoms with Gasteiger partial charge in [0, 0.05) is 7.05 Å². The van der Waals surface area contributed by atoms with Gasteiger partial charge in [0.05, 0.1) is 9.79 Å². The molecule has 0 aliphatic carbocycles. The summed E-state index contributed by atoms with van der Waals surface area (Å²) in [5.74, 6) is 0.224. The molecule has 110 valence electrons. The molecule has 2 aromatic carbocycles. The van der Waals surface area contributed by atoms with E-state index in [1.807, 2.05) is 0 Å². The first-order valence-electron chi connectivity index (χ1n) is 5.97. The van der Waals surface area contributed by atoms with Crippen molar-refractivity contribution in [3.05, 3.63) is 48.5 Å². The summed E-state index contributed by atoms with van der Waals surface area (Å²) in [6.07, 6.45) is -0.635. The zero-order valence-corrected chi connectivity index (χ0v) is 11.9. The van der Waals surface area contributed by atoms with Crippen molar-refractivity contribution in [2.24, 2.45) is 0 Å². The third kappa shape index (κ3) is 3.32. The molecule has 0 saturated heterocycles. The number of sulfone groups is 1. The second-order valence-corrected chi connectivity index (χ2v) is 6.06. The molecular weight excluding hydrogens is 294 g/mol. The Morgan fingerprint density at radius 3 is 1.95 bits per heavy atom. The van der Waals surface area contributed by atoms with Crippen molar-refractivity contribution in [2.75, 3.05) is 7.05 Å². The molecule has 0 radical (unpaired) electrons. The SMILES string of the molecule is CNC(=O)Oc1ccc(S(=O)(=O)c2ccc(O)cc2)cc1. The van der Waals surface area contributed by atoms with Crippen LogP contribution in [0.15, 0.2) is 58.3 Å². The summed E-state index contributed by atoms with van der Waals surface area (Å²) < 4.78 is 29.5. The average Bonchev–Trinajstić information content (AvgIpc) is 2.48. The first-order chi connectivity index (χ1) is 9.93. The maximum Gasteiger partial charge on any atom is 0.412 e. The largest absolute Gasteiger partial charge is 0.508 e. The first kappa shape index (κ1) is 14.9. The number of nitrogens with one attached hydrogen (secondary N) is 1. The van der Waals surface area contributed by atoms with E-state index in [2.05, 4.69) is 5.32 Å². The monoisotopic (exact) mass is 307 g/mol. The molecule has 0 aromatic heterocycles. The predicted octanol–water partition coefficient (Wildman–Crippen LogP) is 1.94. The van der Waals surface area contributed by atoms with E-state index in [1.54, 1.807) is 0 Å². The van der Waals surface area contributed by atoms with E-state index < -0.39 is 15.9 Å². The number of hydrogen-bond donors (Lipinski definition) is 2. The average molecular weight is 307 g/mol. The van der Waals surface area contributed by atoms with E-state index in [1.165, 1.54) is 55.6 Å². The van der Waals surface area contributed by atoms with Crippen LogP contribution in [0.5, 0.6) is 11.5 Å². The Bertz CT molecular complexity index is 736. The Hall–Kier alpha value is -2.54. The molecular formula is C14H13NO5S. The van der Waals surface area contributed by atoms with Gasteiger partial charge in [0.15, 0.2) is 0 Å². The Morgan fingerprint density at radius 2 is 1.48 bits per heavy atom. The van der Waals surface area contributed by atoms with Gasteiger partial charge in [-0.2, -0.15) is 0 Å². The number of benzene rings is 2. The van der Waals surface area contributed by atoms with Gasteiger partial charge in [-0.25, -0.2) is 13.2 Å². The van der Waals surface area contributed by atoms with Crippen LogP contribution in [0.3, 0.4) is 0 Å². The molecule has 0 aliphatic heterocycles. The summed E-state index contributed by atoms with van der Waals surface area (Å²) in [5.41, 5.74) is 0. The van der Waals surface area contributed by atoms with Gasteiger partial charge in [0.2, 0.25) is 9.84 Å². The van der Waals surface area contributed by atoms with E-state index in [9.17, 15) is 18.3 Å². The molecule has 0 heterocycles. The van der Waals surface area contributed by atoms with Crippen LogP contribution in [0.4, 0.5) is 4.79 Å². The van der Waals surface area contributed by atoms with Crippen LogP contribution in [-0.4, -0.2) is 26.7 Å². The number of phenols is 1. The van der Waals surface area contributed by atoms with Gasteiger partial charge in [0.25, 0.3) is 0 Å². The lowest BCUT2D eigenvalue weighted by atomic mass is 10.3. The smallest absolute Gasteiger partial charge is 0.412 e. The van der Waals surface area contributed by atoms with Crippen LogP contribution in [0.1, 0.15) is 0 Å². The van der Waals surface area contributed by atoms with Crippen molar-refractivity contribution >= 4 is 15.9 Å². The first-order valence-corrected chi connectivity index (χ1v) is 7.45. The lowest BCUT2D eigenvalue weighted by Gasteiger charge is -2.07. The maximum atomic E-state index is 12.3. The van der Waals surface area contributed by atoms with Gasteiger partial charge in [-0.15, -0.1) is 0 Å². The molecule has 6 nitrogen and oxygen atoms in total. The molecule has 2 rings (SSSR count). The zero-order chi connectivity index (χ0) is 15.5. The number of rotatable bonds is 3. The fraction of sp³-hybridized carbons (Fsp3) is 0.0714. The molecule has 0 spiro atoms. The van der Waals surface area contributed by atoms with Crippen molar-refractivity contribution in [1.29, 1.82) is 0 Å². The molecule has 0 saturated carbocycles. The second-order valence-electron chi connectivity index (χ2n) is 4.11. The highest BCUT2D eigenvalue weighted by Crippen LogP contribution is 2.24. The van der Waals surface area contributed by atoms with Crippen molar-refractivity contribution in [2.45, 2.75) is 9.79 Å². The van der Waals surface area contributed by atoms with E-state index in [0.29, 0.717) is 0 Å². The third-order valence-electron chi connectivity index (χ3n) is 2.70. The van der Waals surface area contributed by atoms with Gasteiger partial charge in [0.1, 0.15) is 11.5 Å². The molecule has 0 atom stereocenters. The number of phenolic OH excluding ortho intramolecular Hbond substituents is 1.